The zero-order chi connectivity index (χ0) is 19.8. The number of amides is 2. The van der Waals surface area contributed by atoms with Crippen LogP contribution in [0.2, 0.25) is 0 Å². The van der Waals surface area contributed by atoms with Crippen LogP contribution in [0.3, 0.4) is 0 Å². The van der Waals surface area contributed by atoms with E-state index in [1.165, 1.54) is 24.5 Å². The molecule has 144 valence electrons. The van der Waals surface area contributed by atoms with Gasteiger partial charge in [0.25, 0.3) is 11.8 Å². The van der Waals surface area contributed by atoms with Crippen LogP contribution >= 0.6 is 11.3 Å². The molecule has 1 aliphatic rings. The minimum Gasteiger partial charge on any atom is -0.479 e. The van der Waals surface area contributed by atoms with Crippen molar-refractivity contribution in [2.75, 3.05) is 17.7 Å². The third-order valence-electron chi connectivity index (χ3n) is 4.43. The molecule has 0 fully saturated rings. The number of hydrogen-bond donors (Lipinski definition) is 2. The fourth-order valence-electron chi connectivity index (χ4n) is 3.11. The molecule has 1 aliphatic heterocycles. The van der Waals surface area contributed by atoms with Crippen molar-refractivity contribution in [3.63, 3.8) is 0 Å². The molecule has 3 aromatic rings. The number of hydrogen-bond acceptors (Lipinski definition) is 5. The van der Waals surface area contributed by atoms with Gasteiger partial charge < -0.3 is 20.1 Å². The van der Waals surface area contributed by atoms with E-state index in [2.05, 4.69) is 10.6 Å². The number of fused-ring (bicyclic) bond motifs is 2. The molecule has 1 atom stereocenters. The van der Waals surface area contributed by atoms with Crippen LogP contribution in [0, 0.1) is 5.82 Å². The molecule has 0 radical (unpaired) electrons. The maximum atomic E-state index is 14.3. The molecule has 2 amide bonds. The van der Waals surface area contributed by atoms with E-state index in [0.717, 1.165) is 0 Å². The van der Waals surface area contributed by atoms with Gasteiger partial charge in [-0.05, 0) is 37.3 Å². The first-order valence-electron chi connectivity index (χ1n) is 8.59. The molecule has 1 aromatic heterocycles. The van der Waals surface area contributed by atoms with E-state index >= 15 is 0 Å². The van der Waals surface area contributed by atoms with Crippen LogP contribution in [0.25, 0.3) is 10.1 Å². The lowest BCUT2D eigenvalue weighted by atomic mass is 10.1. The third-order valence-corrected chi connectivity index (χ3v) is 5.62. The minimum atomic E-state index is -0.571. The van der Waals surface area contributed by atoms with Crippen LogP contribution in [0.4, 0.5) is 15.8 Å². The van der Waals surface area contributed by atoms with Gasteiger partial charge in [-0.2, -0.15) is 0 Å². The standard InChI is InChI=1S/C20H17FN2O4S/c1-10-19(24)23-14-8-11(6-7-15(14)27-10)22-20(25)18-12(9-26-2)17-13(21)4-3-5-16(17)28-18/h3-8,10H,9H2,1-2H3,(H,22,25)(H,23,24)/t10-/m1/s1. The summed E-state index contributed by atoms with van der Waals surface area (Å²) in [5.74, 6) is -0.473. The molecule has 2 heterocycles. The quantitative estimate of drug-likeness (QED) is 0.690. The molecular formula is C20H17FN2O4S. The van der Waals surface area contributed by atoms with Gasteiger partial charge in [0.15, 0.2) is 6.10 Å². The molecule has 0 aliphatic carbocycles. The molecule has 2 aromatic carbocycles. The van der Waals surface area contributed by atoms with Gasteiger partial charge in [0.05, 0.1) is 17.2 Å². The molecule has 28 heavy (non-hydrogen) atoms. The highest BCUT2D eigenvalue weighted by Gasteiger charge is 2.25. The Kier molecular flexibility index (Phi) is 4.74. The molecular weight excluding hydrogens is 383 g/mol. The summed E-state index contributed by atoms with van der Waals surface area (Å²) in [6.45, 7) is 1.78. The normalized spacial score (nSPS) is 15.7. The Morgan fingerprint density at radius 2 is 2.18 bits per heavy atom. The molecule has 2 N–H and O–H groups in total. The van der Waals surface area contributed by atoms with Crippen LogP contribution in [-0.4, -0.2) is 25.0 Å². The Morgan fingerprint density at radius 3 is 2.96 bits per heavy atom. The van der Waals surface area contributed by atoms with Gasteiger partial charge in [-0.25, -0.2) is 4.39 Å². The van der Waals surface area contributed by atoms with Crippen molar-refractivity contribution in [3.8, 4) is 5.75 Å². The van der Waals surface area contributed by atoms with Crippen molar-refractivity contribution in [2.24, 2.45) is 0 Å². The van der Waals surface area contributed by atoms with Crippen LogP contribution in [-0.2, 0) is 16.1 Å². The lowest BCUT2D eigenvalue weighted by Gasteiger charge is -2.23. The SMILES string of the molecule is COCc1c(C(=O)Nc2ccc3c(c2)NC(=O)[C@@H](C)O3)sc2cccc(F)c12. The van der Waals surface area contributed by atoms with E-state index in [-0.39, 0.29) is 24.2 Å². The number of benzene rings is 2. The van der Waals surface area contributed by atoms with E-state index in [1.54, 1.807) is 37.3 Å². The van der Waals surface area contributed by atoms with Crippen molar-refractivity contribution >= 4 is 44.6 Å². The van der Waals surface area contributed by atoms with Crippen molar-refractivity contribution < 1.29 is 23.5 Å². The Bertz CT molecular complexity index is 1100. The van der Waals surface area contributed by atoms with Gasteiger partial charge in [-0.15, -0.1) is 11.3 Å². The molecule has 0 saturated heterocycles. The third kappa shape index (κ3) is 3.21. The maximum absolute atomic E-state index is 14.3. The molecule has 4 rings (SSSR count). The number of ether oxygens (including phenoxy) is 2. The fourth-order valence-corrected chi connectivity index (χ4v) is 4.22. The average Bonchev–Trinajstić information content (AvgIpc) is 3.03. The molecule has 0 saturated carbocycles. The molecule has 0 bridgehead atoms. The first-order valence-corrected chi connectivity index (χ1v) is 9.41. The van der Waals surface area contributed by atoms with Crippen LogP contribution in [0.1, 0.15) is 22.2 Å². The van der Waals surface area contributed by atoms with Gasteiger partial charge in [-0.1, -0.05) is 6.07 Å². The number of methoxy groups -OCH3 is 1. The molecule has 0 spiro atoms. The van der Waals surface area contributed by atoms with E-state index in [1.807, 2.05) is 0 Å². The smallest absolute Gasteiger partial charge is 0.266 e. The number of halogens is 1. The minimum absolute atomic E-state index is 0.121. The number of thiophene rings is 1. The largest absolute Gasteiger partial charge is 0.479 e. The van der Waals surface area contributed by atoms with E-state index in [4.69, 9.17) is 9.47 Å². The Morgan fingerprint density at radius 1 is 1.36 bits per heavy atom. The summed E-state index contributed by atoms with van der Waals surface area (Å²) in [4.78, 5) is 25.0. The Labute approximate surface area is 164 Å². The Balaban J connectivity index is 1.66. The van der Waals surface area contributed by atoms with Crippen LogP contribution < -0.4 is 15.4 Å². The summed E-state index contributed by atoms with van der Waals surface area (Å²) < 4.78 is 25.7. The maximum Gasteiger partial charge on any atom is 0.266 e. The second-order valence-electron chi connectivity index (χ2n) is 6.37. The number of anilines is 2. The van der Waals surface area contributed by atoms with E-state index in [0.29, 0.717) is 37.7 Å². The summed E-state index contributed by atoms with van der Waals surface area (Å²) in [6, 6.07) is 9.74. The summed E-state index contributed by atoms with van der Waals surface area (Å²) in [7, 11) is 1.50. The fraction of sp³-hybridized carbons (Fsp3) is 0.200. The average molecular weight is 400 g/mol. The van der Waals surface area contributed by atoms with Gasteiger partial charge >= 0.3 is 0 Å². The highest BCUT2D eigenvalue weighted by Crippen LogP contribution is 2.35. The van der Waals surface area contributed by atoms with Gasteiger partial charge in [-0.3, -0.25) is 9.59 Å². The summed E-state index contributed by atoms with van der Waals surface area (Å²) in [6.07, 6.45) is -0.571. The van der Waals surface area contributed by atoms with Crippen molar-refractivity contribution in [3.05, 3.63) is 52.7 Å². The van der Waals surface area contributed by atoms with Crippen molar-refractivity contribution in [2.45, 2.75) is 19.6 Å². The Hall–Kier alpha value is -2.97. The van der Waals surface area contributed by atoms with Gasteiger partial charge in [0.2, 0.25) is 0 Å². The van der Waals surface area contributed by atoms with Crippen LogP contribution in [0.15, 0.2) is 36.4 Å². The second kappa shape index (κ2) is 7.21. The first-order chi connectivity index (χ1) is 13.5. The number of carbonyl (C=O) groups excluding carboxylic acids is 2. The van der Waals surface area contributed by atoms with Crippen molar-refractivity contribution in [1.82, 2.24) is 0 Å². The first kappa shape index (κ1) is 18.4. The summed E-state index contributed by atoms with van der Waals surface area (Å²) in [5, 5.41) is 5.94. The lowest BCUT2D eigenvalue weighted by molar-refractivity contribution is -0.122. The highest BCUT2D eigenvalue weighted by atomic mass is 32.1. The summed E-state index contributed by atoms with van der Waals surface area (Å²) >= 11 is 1.21. The predicted octanol–water partition coefficient (Wildman–Crippen LogP) is 4.16. The highest BCUT2D eigenvalue weighted by molar-refractivity contribution is 7.21. The topological polar surface area (TPSA) is 76.7 Å². The number of nitrogens with one attached hydrogen (secondary N) is 2. The van der Waals surface area contributed by atoms with E-state index in [9.17, 15) is 14.0 Å². The number of carbonyl (C=O) groups is 2. The second-order valence-corrected chi connectivity index (χ2v) is 7.42. The summed E-state index contributed by atoms with van der Waals surface area (Å²) in [5.41, 5.74) is 1.49. The van der Waals surface area contributed by atoms with Gasteiger partial charge in [0, 0.05) is 28.4 Å². The monoisotopic (exact) mass is 400 g/mol. The molecule has 8 heteroatoms. The van der Waals surface area contributed by atoms with E-state index < -0.39 is 6.10 Å². The predicted molar refractivity (Wildman–Crippen MR) is 106 cm³/mol. The zero-order valence-electron chi connectivity index (χ0n) is 15.2. The molecule has 0 unspecified atom stereocenters. The van der Waals surface area contributed by atoms with Gasteiger partial charge in [0.1, 0.15) is 11.6 Å². The number of rotatable bonds is 4. The molecule has 6 nitrogen and oxygen atoms in total. The lowest BCUT2D eigenvalue weighted by Crippen LogP contribution is -2.34. The van der Waals surface area contributed by atoms with Crippen molar-refractivity contribution in [1.29, 1.82) is 0 Å². The zero-order valence-corrected chi connectivity index (χ0v) is 16.0. The van der Waals surface area contributed by atoms with Crippen LogP contribution in [0.5, 0.6) is 5.75 Å².